The summed E-state index contributed by atoms with van der Waals surface area (Å²) >= 11 is 0. The van der Waals surface area contributed by atoms with Gasteiger partial charge in [0.1, 0.15) is 0 Å². The van der Waals surface area contributed by atoms with Crippen LogP contribution in [0.4, 0.5) is 0 Å². The minimum Gasteiger partial charge on any atom is -0.264 e. The zero-order valence-electron chi connectivity index (χ0n) is 10.7. The van der Waals surface area contributed by atoms with Crippen molar-refractivity contribution in [1.29, 1.82) is 0 Å². The van der Waals surface area contributed by atoms with E-state index in [0.29, 0.717) is 0 Å². The second-order valence-electron chi connectivity index (χ2n) is 3.21. The molecule has 1 heteroatoms. The van der Waals surface area contributed by atoms with E-state index in [1.54, 1.807) is 0 Å². The third-order valence-electron chi connectivity index (χ3n) is 2.40. The van der Waals surface area contributed by atoms with E-state index < -0.39 is 0 Å². The van der Waals surface area contributed by atoms with Gasteiger partial charge in [0.25, 0.3) is 0 Å². The molecule has 2 rings (SSSR count). The van der Waals surface area contributed by atoms with Gasteiger partial charge >= 0.3 is 0 Å². The summed E-state index contributed by atoms with van der Waals surface area (Å²) in [6, 6.07) is 2.17. The van der Waals surface area contributed by atoms with Gasteiger partial charge in [0.15, 0.2) is 0 Å². The Balaban J connectivity index is 0.000000442. The second kappa shape index (κ2) is 9.70. The van der Waals surface area contributed by atoms with Crippen LogP contribution in [0.3, 0.4) is 0 Å². The first-order chi connectivity index (χ1) is 7.47. The van der Waals surface area contributed by atoms with E-state index in [1.165, 1.54) is 43.2 Å². The molecule has 1 aromatic heterocycles. The molecule has 1 aliphatic carbocycles. The third kappa shape index (κ3) is 4.96. The third-order valence-corrected chi connectivity index (χ3v) is 2.40. The van der Waals surface area contributed by atoms with Crippen LogP contribution in [-0.2, 0) is 12.8 Å². The lowest BCUT2D eigenvalue weighted by Crippen LogP contribution is -1.90. The van der Waals surface area contributed by atoms with Crippen LogP contribution in [0, 0.1) is 0 Å². The Morgan fingerprint density at radius 2 is 1.47 bits per heavy atom. The Kier molecular flexibility index (Phi) is 9.15. The van der Waals surface area contributed by atoms with Crippen LogP contribution >= 0.6 is 0 Å². The van der Waals surface area contributed by atoms with Gasteiger partial charge in [-0.3, -0.25) is 4.98 Å². The molecular weight excluding hydrogens is 182 g/mol. The van der Waals surface area contributed by atoms with Gasteiger partial charge in [0.05, 0.1) is 0 Å². The molecule has 0 unspecified atom stereocenters. The molecule has 1 aliphatic rings. The molecule has 0 spiro atoms. The fraction of sp³-hybridized carbons (Fsp3) is 0.643. The van der Waals surface area contributed by atoms with Crippen LogP contribution in [-0.4, -0.2) is 4.98 Å². The molecule has 15 heavy (non-hydrogen) atoms. The van der Waals surface area contributed by atoms with Crippen molar-refractivity contribution in [3.05, 3.63) is 29.6 Å². The molecule has 0 radical (unpaired) electrons. The first kappa shape index (κ1) is 14.2. The molecule has 0 N–H and O–H groups in total. The summed E-state index contributed by atoms with van der Waals surface area (Å²) in [5.41, 5.74) is 3.00. The highest BCUT2D eigenvalue weighted by molar-refractivity contribution is 5.24. The van der Waals surface area contributed by atoms with Crippen molar-refractivity contribution in [3.8, 4) is 0 Å². The smallest absolute Gasteiger partial charge is 0.0302 e. The zero-order chi connectivity index (χ0) is 11.5. The summed E-state index contributed by atoms with van der Waals surface area (Å²) in [6.45, 7) is 8.00. The lowest BCUT2D eigenvalue weighted by molar-refractivity contribution is 0.711. The lowest BCUT2D eigenvalue weighted by Gasteiger charge is -2.01. The Morgan fingerprint density at radius 3 is 2.13 bits per heavy atom. The Morgan fingerprint density at radius 1 is 0.867 bits per heavy atom. The first-order valence-electron chi connectivity index (χ1n) is 6.38. The molecule has 0 amide bonds. The van der Waals surface area contributed by atoms with Crippen LogP contribution in [0.15, 0.2) is 18.5 Å². The Labute approximate surface area is 94.9 Å². The number of nitrogens with zero attached hydrogens (tertiary/aromatic N) is 1. The van der Waals surface area contributed by atoms with E-state index in [9.17, 15) is 0 Å². The van der Waals surface area contributed by atoms with Gasteiger partial charge < -0.3 is 0 Å². The summed E-state index contributed by atoms with van der Waals surface area (Å²) in [4.78, 5) is 4.14. The van der Waals surface area contributed by atoms with Crippen molar-refractivity contribution in [2.75, 3.05) is 0 Å². The predicted molar refractivity (Wildman–Crippen MR) is 68.2 cm³/mol. The minimum atomic E-state index is 1.24. The standard InChI is InChI=1S/C10H13N.2C2H6/c1-2-4-9-6-7-11-8-10(9)5-3-1;2*1-2/h6-8H,1-5H2;2*1-2H3. The quantitative estimate of drug-likeness (QED) is 0.574. The maximum Gasteiger partial charge on any atom is 0.0302 e. The normalized spacial score (nSPS) is 13.3. The monoisotopic (exact) mass is 207 g/mol. The van der Waals surface area contributed by atoms with Crippen LogP contribution in [0.1, 0.15) is 58.1 Å². The number of hydrogen-bond donors (Lipinski definition) is 0. The summed E-state index contributed by atoms with van der Waals surface area (Å²) < 4.78 is 0. The largest absolute Gasteiger partial charge is 0.264 e. The van der Waals surface area contributed by atoms with Gasteiger partial charge in [-0.2, -0.15) is 0 Å². The van der Waals surface area contributed by atoms with Gasteiger partial charge in [-0.05, 0) is 42.9 Å². The number of rotatable bonds is 0. The van der Waals surface area contributed by atoms with Gasteiger partial charge in [-0.25, -0.2) is 0 Å². The Hall–Kier alpha value is -0.850. The highest BCUT2D eigenvalue weighted by Gasteiger charge is 2.05. The fourth-order valence-electron chi connectivity index (χ4n) is 1.73. The molecule has 86 valence electrons. The first-order valence-corrected chi connectivity index (χ1v) is 6.38. The number of aromatic nitrogens is 1. The minimum absolute atomic E-state index is 1.24. The van der Waals surface area contributed by atoms with Crippen LogP contribution < -0.4 is 0 Å². The van der Waals surface area contributed by atoms with Gasteiger partial charge in [-0.1, -0.05) is 34.1 Å². The molecule has 0 saturated carbocycles. The predicted octanol–water partition coefficient (Wildman–Crippen LogP) is 4.40. The maximum absolute atomic E-state index is 4.14. The molecule has 1 aromatic rings. The van der Waals surface area contributed by atoms with Crippen molar-refractivity contribution in [3.63, 3.8) is 0 Å². The molecule has 0 fully saturated rings. The zero-order valence-corrected chi connectivity index (χ0v) is 10.7. The summed E-state index contributed by atoms with van der Waals surface area (Å²) in [5.74, 6) is 0. The molecule has 1 heterocycles. The average molecular weight is 207 g/mol. The molecule has 0 atom stereocenters. The number of pyridine rings is 1. The van der Waals surface area contributed by atoms with E-state index in [4.69, 9.17) is 0 Å². The van der Waals surface area contributed by atoms with Crippen LogP contribution in [0.5, 0.6) is 0 Å². The fourth-order valence-corrected chi connectivity index (χ4v) is 1.73. The van der Waals surface area contributed by atoms with Crippen LogP contribution in [0.2, 0.25) is 0 Å². The van der Waals surface area contributed by atoms with Crippen molar-refractivity contribution in [1.82, 2.24) is 4.98 Å². The average Bonchev–Trinajstić information content (AvgIpc) is 2.59. The highest BCUT2D eigenvalue weighted by Crippen LogP contribution is 2.18. The second-order valence-corrected chi connectivity index (χ2v) is 3.21. The van der Waals surface area contributed by atoms with E-state index in [2.05, 4.69) is 11.1 Å². The van der Waals surface area contributed by atoms with Crippen molar-refractivity contribution >= 4 is 0 Å². The van der Waals surface area contributed by atoms with Crippen molar-refractivity contribution in [2.24, 2.45) is 0 Å². The van der Waals surface area contributed by atoms with Gasteiger partial charge in [0, 0.05) is 12.4 Å². The molecule has 0 bridgehead atoms. The van der Waals surface area contributed by atoms with Crippen molar-refractivity contribution < 1.29 is 0 Å². The molecule has 0 aliphatic heterocycles. The maximum atomic E-state index is 4.14. The van der Waals surface area contributed by atoms with Crippen molar-refractivity contribution in [2.45, 2.75) is 59.8 Å². The van der Waals surface area contributed by atoms with E-state index in [-0.39, 0.29) is 0 Å². The number of hydrogen-bond acceptors (Lipinski definition) is 1. The highest BCUT2D eigenvalue weighted by atomic mass is 14.6. The number of aryl methyl sites for hydroxylation is 2. The van der Waals surface area contributed by atoms with Gasteiger partial charge in [-0.15, -0.1) is 0 Å². The SMILES string of the molecule is CC.CC.c1cc2c(cn1)CCCCC2. The lowest BCUT2D eigenvalue weighted by atomic mass is 10.1. The Bertz CT molecular complexity index is 218. The molecule has 1 nitrogen and oxygen atoms in total. The summed E-state index contributed by atoms with van der Waals surface area (Å²) in [6.07, 6.45) is 10.5. The van der Waals surface area contributed by atoms with Crippen LogP contribution in [0.25, 0.3) is 0 Å². The summed E-state index contributed by atoms with van der Waals surface area (Å²) in [5, 5.41) is 0. The molecule has 0 aromatic carbocycles. The number of fused-ring (bicyclic) bond motifs is 1. The van der Waals surface area contributed by atoms with E-state index >= 15 is 0 Å². The topological polar surface area (TPSA) is 12.9 Å². The van der Waals surface area contributed by atoms with E-state index in [1.807, 2.05) is 40.1 Å². The molecule has 0 saturated heterocycles. The molecular formula is C14H25N. The van der Waals surface area contributed by atoms with Gasteiger partial charge in [0.2, 0.25) is 0 Å². The summed E-state index contributed by atoms with van der Waals surface area (Å²) in [7, 11) is 0. The van der Waals surface area contributed by atoms with E-state index in [0.717, 1.165) is 0 Å².